The zero-order valence-electron chi connectivity index (χ0n) is 17.6. The molecule has 4 rings (SSSR count). The van der Waals surface area contributed by atoms with Crippen molar-refractivity contribution >= 4 is 17.7 Å². The Hall–Kier alpha value is -3.21. The molecule has 0 spiro atoms. The van der Waals surface area contributed by atoms with E-state index in [1.807, 2.05) is 14.1 Å². The minimum Gasteiger partial charge on any atom is -0.493 e. The van der Waals surface area contributed by atoms with Crippen molar-refractivity contribution in [1.29, 1.82) is 0 Å². The van der Waals surface area contributed by atoms with Crippen LogP contribution in [0.4, 0.5) is 5.95 Å². The second-order valence-electron chi connectivity index (χ2n) is 8.78. The fourth-order valence-corrected chi connectivity index (χ4v) is 3.39. The van der Waals surface area contributed by atoms with E-state index in [9.17, 15) is 9.90 Å². The van der Waals surface area contributed by atoms with Crippen LogP contribution in [0.3, 0.4) is 0 Å². The molecule has 1 saturated carbocycles. The number of H-pyrrole nitrogens is 2. The van der Waals surface area contributed by atoms with Crippen LogP contribution in [0.5, 0.6) is 5.88 Å². The fourth-order valence-electron chi connectivity index (χ4n) is 3.39. The molecule has 30 heavy (non-hydrogen) atoms. The van der Waals surface area contributed by atoms with Gasteiger partial charge in [0.15, 0.2) is 5.65 Å². The maximum atomic E-state index is 11.4. The van der Waals surface area contributed by atoms with Gasteiger partial charge in [-0.15, -0.1) is 0 Å². The van der Waals surface area contributed by atoms with Gasteiger partial charge in [-0.3, -0.25) is 4.98 Å². The average Bonchev–Trinajstić information content (AvgIpc) is 3.28. The van der Waals surface area contributed by atoms with Crippen LogP contribution in [0, 0.1) is 5.41 Å². The molecule has 3 heterocycles. The second kappa shape index (κ2) is 7.56. The maximum Gasteiger partial charge on any atom is 0.326 e. The lowest BCUT2D eigenvalue weighted by atomic mass is 9.93. The zero-order valence-corrected chi connectivity index (χ0v) is 17.6. The molecular weight excluding hydrogens is 386 g/mol. The number of hydrogen-bond donors (Lipinski definition) is 4. The minimum absolute atomic E-state index is 0.0123. The molecule has 3 aromatic heterocycles. The number of rotatable bonds is 7. The van der Waals surface area contributed by atoms with Crippen molar-refractivity contribution in [3.63, 3.8) is 0 Å². The van der Waals surface area contributed by atoms with Gasteiger partial charge < -0.3 is 20.3 Å². The van der Waals surface area contributed by atoms with Gasteiger partial charge in [0.1, 0.15) is 5.69 Å². The highest BCUT2D eigenvalue weighted by Gasteiger charge is 2.22. The van der Waals surface area contributed by atoms with Crippen LogP contribution < -0.4 is 21.8 Å². The van der Waals surface area contributed by atoms with Crippen molar-refractivity contribution in [2.45, 2.75) is 32.7 Å². The summed E-state index contributed by atoms with van der Waals surface area (Å²) in [7, 11) is 4.10. The number of fused-ring (bicyclic) bond motifs is 1. The van der Waals surface area contributed by atoms with Crippen molar-refractivity contribution in [3.8, 4) is 5.88 Å². The number of aromatic nitrogens is 6. The van der Waals surface area contributed by atoms with Gasteiger partial charge in [0.2, 0.25) is 11.8 Å². The summed E-state index contributed by atoms with van der Waals surface area (Å²) >= 11 is 0. The Morgan fingerprint density at radius 2 is 2.13 bits per heavy atom. The van der Waals surface area contributed by atoms with E-state index in [4.69, 9.17) is 0 Å². The average molecular weight is 413 g/mol. The van der Waals surface area contributed by atoms with Gasteiger partial charge in [0.25, 0.3) is 5.62 Å². The van der Waals surface area contributed by atoms with Crippen LogP contribution in [0.15, 0.2) is 16.0 Å². The molecule has 1 fully saturated rings. The number of nitrogens with one attached hydrogen (secondary N) is 3. The molecule has 0 atom stereocenters. The summed E-state index contributed by atoms with van der Waals surface area (Å²) in [6.07, 6.45) is 5.31. The normalized spacial score (nSPS) is 16.2. The zero-order chi connectivity index (χ0) is 21.5. The molecule has 11 nitrogen and oxygen atoms in total. The van der Waals surface area contributed by atoms with E-state index < -0.39 is 5.69 Å². The Labute approximate surface area is 172 Å². The smallest absolute Gasteiger partial charge is 0.326 e. The van der Waals surface area contributed by atoms with Crippen molar-refractivity contribution < 1.29 is 5.11 Å². The third-order valence-corrected chi connectivity index (χ3v) is 4.73. The quantitative estimate of drug-likeness (QED) is 0.408. The van der Waals surface area contributed by atoms with Crippen molar-refractivity contribution in [1.82, 2.24) is 34.4 Å². The third-order valence-electron chi connectivity index (χ3n) is 4.73. The second-order valence-corrected chi connectivity index (χ2v) is 8.78. The minimum atomic E-state index is -0.486. The van der Waals surface area contributed by atoms with Crippen molar-refractivity contribution in [2.75, 3.05) is 32.5 Å². The Kier molecular flexibility index (Phi) is 5.06. The molecule has 3 aromatic rings. The highest BCUT2D eigenvalue weighted by atomic mass is 16.3. The maximum absolute atomic E-state index is 11.4. The van der Waals surface area contributed by atoms with Crippen LogP contribution in [-0.2, 0) is 0 Å². The van der Waals surface area contributed by atoms with Crippen molar-refractivity contribution in [3.05, 3.63) is 33.2 Å². The van der Waals surface area contributed by atoms with Crippen LogP contribution in [0.1, 0.15) is 32.4 Å². The van der Waals surface area contributed by atoms with Gasteiger partial charge in [-0.2, -0.15) is 19.6 Å². The first-order valence-corrected chi connectivity index (χ1v) is 9.91. The van der Waals surface area contributed by atoms with Crippen LogP contribution in [0.2, 0.25) is 0 Å². The van der Waals surface area contributed by atoms with E-state index in [0.29, 0.717) is 29.0 Å². The molecule has 0 aliphatic heterocycles. The number of anilines is 1. The lowest BCUT2D eigenvalue weighted by molar-refractivity contribution is 0.254. The first-order valence-electron chi connectivity index (χ1n) is 9.91. The summed E-state index contributed by atoms with van der Waals surface area (Å²) in [5, 5.41) is 18.2. The molecule has 0 unspecified atom stereocenters. The Bertz CT molecular complexity index is 1230. The Morgan fingerprint density at radius 3 is 2.77 bits per heavy atom. The molecule has 0 amide bonds. The van der Waals surface area contributed by atoms with Crippen LogP contribution in [0.25, 0.3) is 11.7 Å². The predicted octanol–water partition coefficient (Wildman–Crippen LogP) is -0.543. The summed E-state index contributed by atoms with van der Waals surface area (Å²) in [5.74, 6) is 0.232. The fraction of sp³-hybridized carbons (Fsp3) is 0.526. The molecule has 0 aromatic carbocycles. The molecule has 160 valence electrons. The Balaban J connectivity index is 1.76. The largest absolute Gasteiger partial charge is 0.493 e. The number of hydrogen-bond acceptors (Lipinski definition) is 8. The summed E-state index contributed by atoms with van der Waals surface area (Å²) in [4.78, 5) is 32.3. The van der Waals surface area contributed by atoms with Gasteiger partial charge in [0.05, 0.1) is 12.2 Å². The van der Waals surface area contributed by atoms with Crippen molar-refractivity contribution in [2.24, 2.45) is 10.4 Å². The molecule has 4 N–H and O–H groups in total. The molecule has 1 aliphatic rings. The highest BCUT2D eigenvalue weighted by Crippen LogP contribution is 2.22. The number of imidazole rings is 1. The summed E-state index contributed by atoms with van der Waals surface area (Å²) in [6, 6.07) is 0.267. The van der Waals surface area contributed by atoms with E-state index in [0.717, 1.165) is 19.4 Å². The first kappa shape index (κ1) is 20.1. The predicted molar refractivity (Wildman–Crippen MR) is 112 cm³/mol. The number of aromatic amines is 2. The molecule has 1 aliphatic carbocycles. The number of nitrogens with zero attached hydrogens (tertiary/aromatic N) is 6. The molecule has 0 radical (unpaired) electrons. The lowest BCUT2D eigenvalue weighted by Crippen LogP contribution is -2.35. The summed E-state index contributed by atoms with van der Waals surface area (Å²) in [6.45, 7) is 5.95. The molecule has 0 saturated heterocycles. The van der Waals surface area contributed by atoms with Gasteiger partial charge in [-0.1, -0.05) is 13.8 Å². The molecule has 11 heteroatoms. The topological polar surface area (TPSA) is 140 Å². The van der Waals surface area contributed by atoms with E-state index >= 15 is 0 Å². The summed E-state index contributed by atoms with van der Waals surface area (Å²) < 4.78 is 1.59. The van der Waals surface area contributed by atoms with Gasteiger partial charge in [-0.25, -0.2) is 9.79 Å². The third kappa shape index (κ3) is 4.51. The standard InChI is InChI=1S/C19H27N9O2/c1-19(2,10-27(3)4)9-20-16-24-14-11(7-13-15(29)25-18(30)23-13)8-21-28(14)17(26-16)22-12-5-6-12/h7-8,12,29H,5-6,9-10H2,1-4H3,(H,20,22,26)(H2,23,25,30)/b11-7+. The lowest BCUT2D eigenvalue weighted by Gasteiger charge is -2.28. The Morgan fingerprint density at radius 1 is 1.37 bits per heavy atom. The van der Waals surface area contributed by atoms with E-state index in [-0.39, 0.29) is 23.0 Å². The number of aromatic hydroxyl groups is 1. The van der Waals surface area contributed by atoms with Gasteiger partial charge in [-0.05, 0) is 38.4 Å². The first-order chi connectivity index (χ1) is 14.2. The van der Waals surface area contributed by atoms with E-state index in [1.165, 1.54) is 0 Å². The molecular formula is C19H27N9O2. The summed E-state index contributed by atoms with van der Waals surface area (Å²) in [5.41, 5.74) is 0.814. The van der Waals surface area contributed by atoms with Crippen LogP contribution >= 0.6 is 0 Å². The van der Waals surface area contributed by atoms with E-state index in [1.54, 1.807) is 16.8 Å². The van der Waals surface area contributed by atoms with Crippen LogP contribution in [-0.4, -0.2) is 72.8 Å². The molecule has 0 bridgehead atoms. The SMILES string of the molecule is CN(C)CC(C)(C)CNc1nc(=NC2CC2)n2nc/c(=C\c3[nH]c(=O)[nH]c3O)c2n1. The highest BCUT2D eigenvalue weighted by molar-refractivity contribution is 5.57. The van der Waals surface area contributed by atoms with Gasteiger partial charge >= 0.3 is 5.69 Å². The monoisotopic (exact) mass is 413 g/mol. The van der Waals surface area contributed by atoms with E-state index in [2.05, 4.69) is 54.1 Å². The van der Waals surface area contributed by atoms with Gasteiger partial charge in [0, 0.05) is 18.3 Å².